The number of hydrogen-bond donors (Lipinski definition) is 1. The van der Waals surface area contributed by atoms with Gasteiger partial charge in [0.2, 0.25) is 11.8 Å². The summed E-state index contributed by atoms with van der Waals surface area (Å²) < 4.78 is 0. The summed E-state index contributed by atoms with van der Waals surface area (Å²) in [5.74, 6) is -0.211. The fourth-order valence-corrected chi connectivity index (χ4v) is 3.86. The minimum atomic E-state index is -0.296. The SMILES string of the molecule is CC(=O)N1CCN(c2ccc(NC(=O)/C=C/c3ccc(Cl)cc3Cl)cc2Cl)CC1. The number of hydrogen-bond acceptors (Lipinski definition) is 3. The lowest BCUT2D eigenvalue weighted by molar-refractivity contribution is -0.129. The van der Waals surface area contributed by atoms with E-state index in [2.05, 4.69) is 10.2 Å². The van der Waals surface area contributed by atoms with Crippen LogP contribution in [0.25, 0.3) is 6.08 Å². The fraction of sp³-hybridized carbons (Fsp3) is 0.238. The monoisotopic (exact) mass is 451 g/mol. The van der Waals surface area contributed by atoms with Crippen LogP contribution in [-0.4, -0.2) is 42.9 Å². The third-order valence-electron chi connectivity index (χ3n) is 4.66. The number of halogens is 3. The van der Waals surface area contributed by atoms with Crippen molar-refractivity contribution in [2.24, 2.45) is 0 Å². The first-order chi connectivity index (χ1) is 13.8. The van der Waals surface area contributed by atoms with E-state index in [1.165, 1.54) is 6.08 Å². The van der Waals surface area contributed by atoms with Crippen LogP contribution in [0.4, 0.5) is 11.4 Å². The molecule has 1 fully saturated rings. The van der Waals surface area contributed by atoms with Crippen LogP contribution in [-0.2, 0) is 9.59 Å². The summed E-state index contributed by atoms with van der Waals surface area (Å²) in [5.41, 5.74) is 2.18. The average molecular weight is 453 g/mol. The lowest BCUT2D eigenvalue weighted by Crippen LogP contribution is -2.48. The van der Waals surface area contributed by atoms with Gasteiger partial charge in [0.25, 0.3) is 0 Å². The van der Waals surface area contributed by atoms with Crippen molar-refractivity contribution in [2.45, 2.75) is 6.92 Å². The molecular formula is C21H20Cl3N3O2. The third kappa shape index (κ3) is 5.66. The summed E-state index contributed by atoms with van der Waals surface area (Å²) in [6.07, 6.45) is 3.02. The number of benzene rings is 2. The number of carbonyl (C=O) groups is 2. The van der Waals surface area contributed by atoms with Crippen molar-refractivity contribution in [3.8, 4) is 0 Å². The second kappa shape index (κ2) is 9.53. The molecule has 0 saturated carbocycles. The maximum atomic E-state index is 12.2. The first kappa shape index (κ1) is 21.5. The Balaban J connectivity index is 1.62. The Morgan fingerprint density at radius 1 is 0.966 bits per heavy atom. The van der Waals surface area contributed by atoms with Crippen molar-refractivity contribution in [3.63, 3.8) is 0 Å². The maximum absolute atomic E-state index is 12.2. The molecule has 1 heterocycles. The molecule has 152 valence electrons. The number of carbonyl (C=O) groups excluding carboxylic acids is 2. The van der Waals surface area contributed by atoms with E-state index < -0.39 is 0 Å². The van der Waals surface area contributed by atoms with E-state index in [0.717, 1.165) is 18.8 Å². The van der Waals surface area contributed by atoms with Gasteiger partial charge in [0.15, 0.2) is 0 Å². The van der Waals surface area contributed by atoms with Crippen molar-refractivity contribution in [1.29, 1.82) is 0 Å². The van der Waals surface area contributed by atoms with Gasteiger partial charge >= 0.3 is 0 Å². The predicted octanol–water partition coefficient (Wildman–Crippen LogP) is 4.97. The first-order valence-electron chi connectivity index (χ1n) is 9.07. The van der Waals surface area contributed by atoms with Crippen LogP contribution in [0, 0.1) is 0 Å². The van der Waals surface area contributed by atoms with Crippen LogP contribution >= 0.6 is 34.8 Å². The average Bonchev–Trinajstić information content (AvgIpc) is 2.67. The van der Waals surface area contributed by atoms with Crippen molar-refractivity contribution < 1.29 is 9.59 Å². The molecule has 2 aromatic carbocycles. The number of rotatable bonds is 4. The van der Waals surface area contributed by atoms with Crippen LogP contribution < -0.4 is 10.2 Å². The second-order valence-corrected chi connectivity index (χ2v) is 7.90. The Bertz CT molecular complexity index is 954. The zero-order valence-corrected chi connectivity index (χ0v) is 18.1. The molecular weight excluding hydrogens is 433 g/mol. The largest absolute Gasteiger partial charge is 0.367 e. The van der Waals surface area contributed by atoms with Gasteiger partial charge in [-0.2, -0.15) is 0 Å². The highest BCUT2D eigenvalue weighted by Gasteiger charge is 2.20. The quantitative estimate of drug-likeness (QED) is 0.667. The van der Waals surface area contributed by atoms with E-state index in [0.29, 0.717) is 39.4 Å². The standard InChI is InChI=1S/C21H20Cl3N3O2/c1-14(28)26-8-10-27(11-9-26)20-6-5-17(13-19(20)24)25-21(29)7-3-15-2-4-16(22)12-18(15)23/h2-7,12-13H,8-11H2,1H3,(H,25,29)/b7-3+. The summed E-state index contributed by atoms with van der Waals surface area (Å²) in [6.45, 7) is 4.35. The number of amides is 2. The van der Waals surface area contributed by atoms with Gasteiger partial charge in [0.1, 0.15) is 0 Å². The fourth-order valence-electron chi connectivity index (χ4n) is 3.09. The lowest BCUT2D eigenvalue weighted by atomic mass is 10.2. The highest BCUT2D eigenvalue weighted by atomic mass is 35.5. The smallest absolute Gasteiger partial charge is 0.248 e. The van der Waals surface area contributed by atoms with E-state index in [1.807, 2.05) is 11.0 Å². The molecule has 0 radical (unpaired) electrons. The molecule has 0 aliphatic carbocycles. The van der Waals surface area contributed by atoms with Crippen molar-refractivity contribution in [3.05, 3.63) is 63.1 Å². The Morgan fingerprint density at radius 3 is 2.31 bits per heavy atom. The zero-order chi connectivity index (χ0) is 21.0. The number of anilines is 2. The first-order valence-corrected chi connectivity index (χ1v) is 10.2. The summed E-state index contributed by atoms with van der Waals surface area (Å²) >= 11 is 18.4. The molecule has 0 atom stereocenters. The molecule has 3 rings (SSSR count). The number of piperazine rings is 1. The van der Waals surface area contributed by atoms with Crippen molar-refractivity contribution >= 4 is 64.1 Å². The van der Waals surface area contributed by atoms with Gasteiger partial charge in [-0.25, -0.2) is 0 Å². The van der Waals surface area contributed by atoms with E-state index in [9.17, 15) is 9.59 Å². The summed E-state index contributed by atoms with van der Waals surface area (Å²) in [4.78, 5) is 27.6. The summed E-state index contributed by atoms with van der Waals surface area (Å²) in [5, 5.41) is 4.34. The molecule has 2 aromatic rings. The predicted molar refractivity (Wildman–Crippen MR) is 120 cm³/mol. The molecule has 0 aromatic heterocycles. The number of nitrogens with zero attached hydrogens (tertiary/aromatic N) is 2. The van der Waals surface area contributed by atoms with Gasteiger partial charge in [0.05, 0.1) is 10.7 Å². The topological polar surface area (TPSA) is 52.7 Å². The van der Waals surface area contributed by atoms with Crippen LogP contribution in [0.2, 0.25) is 15.1 Å². The number of nitrogens with one attached hydrogen (secondary N) is 1. The van der Waals surface area contributed by atoms with Crippen molar-refractivity contribution in [1.82, 2.24) is 4.90 Å². The summed E-state index contributed by atoms with van der Waals surface area (Å²) in [6, 6.07) is 10.5. The van der Waals surface area contributed by atoms with Gasteiger partial charge < -0.3 is 15.1 Å². The van der Waals surface area contributed by atoms with E-state index in [4.69, 9.17) is 34.8 Å². The molecule has 1 aliphatic rings. The third-order valence-corrected chi connectivity index (χ3v) is 5.52. The van der Waals surface area contributed by atoms with Gasteiger partial charge in [-0.15, -0.1) is 0 Å². The second-order valence-electron chi connectivity index (χ2n) is 6.65. The molecule has 0 spiro atoms. The van der Waals surface area contributed by atoms with Gasteiger partial charge in [-0.1, -0.05) is 40.9 Å². The van der Waals surface area contributed by atoms with Crippen LogP contribution in [0.15, 0.2) is 42.5 Å². The van der Waals surface area contributed by atoms with Crippen LogP contribution in [0.5, 0.6) is 0 Å². The van der Waals surface area contributed by atoms with Crippen LogP contribution in [0.3, 0.4) is 0 Å². The van der Waals surface area contributed by atoms with Gasteiger partial charge in [0, 0.05) is 54.9 Å². The molecule has 1 aliphatic heterocycles. The molecule has 1 saturated heterocycles. The molecule has 1 N–H and O–H groups in total. The van der Waals surface area contributed by atoms with Crippen molar-refractivity contribution in [2.75, 3.05) is 36.4 Å². The Kier molecular flexibility index (Phi) is 7.06. The molecule has 8 heteroatoms. The molecule has 5 nitrogen and oxygen atoms in total. The molecule has 2 amide bonds. The lowest BCUT2D eigenvalue weighted by Gasteiger charge is -2.36. The highest BCUT2D eigenvalue weighted by Crippen LogP contribution is 2.30. The van der Waals surface area contributed by atoms with E-state index in [-0.39, 0.29) is 11.8 Å². The molecule has 29 heavy (non-hydrogen) atoms. The Morgan fingerprint density at radius 2 is 1.69 bits per heavy atom. The minimum absolute atomic E-state index is 0.0850. The summed E-state index contributed by atoms with van der Waals surface area (Å²) in [7, 11) is 0. The van der Waals surface area contributed by atoms with E-state index in [1.54, 1.807) is 43.3 Å². The highest BCUT2D eigenvalue weighted by molar-refractivity contribution is 6.35. The van der Waals surface area contributed by atoms with Crippen LogP contribution in [0.1, 0.15) is 12.5 Å². The normalized spacial score (nSPS) is 14.3. The Hall–Kier alpha value is -2.21. The molecule has 0 bridgehead atoms. The minimum Gasteiger partial charge on any atom is -0.367 e. The van der Waals surface area contributed by atoms with Gasteiger partial charge in [-0.3, -0.25) is 9.59 Å². The maximum Gasteiger partial charge on any atom is 0.248 e. The zero-order valence-electron chi connectivity index (χ0n) is 15.8. The van der Waals surface area contributed by atoms with E-state index >= 15 is 0 Å². The Labute approximate surface area is 184 Å². The van der Waals surface area contributed by atoms with Gasteiger partial charge in [-0.05, 0) is 42.0 Å². The molecule has 0 unspecified atom stereocenters.